The van der Waals surface area contributed by atoms with Gasteiger partial charge in [-0.3, -0.25) is 14.5 Å². The Morgan fingerprint density at radius 2 is 1.81 bits per heavy atom. The molecule has 0 spiro atoms. The van der Waals surface area contributed by atoms with Crippen molar-refractivity contribution in [3.05, 3.63) is 65.5 Å². The van der Waals surface area contributed by atoms with E-state index in [4.69, 9.17) is 0 Å². The average molecular weight is 389 g/mol. The van der Waals surface area contributed by atoms with Gasteiger partial charge in [0.2, 0.25) is 5.91 Å². The number of fused-ring (bicyclic) bond motifs is 1. The molecule has 0 unspecified atom stereocenters. The molecule has 142 valence electrons. The Bertz CT molecular complexity index is 986. The summed E-state index contributed by atoms with van der Waals surface area (Å²) in [5.41, 5.74) is 1.21. The number of amidine groups is 1. The lowest BCUT2D eigenvalue weighted by Crippen LogP contribution is -2.38. The van der Waals surface area contributed by atoms with Crippen LogP contribution in [0, 0.1) is 11.7 Å². The van der Waals surface area contributed by atoms with Gasteiger partial charge in [0.25, 0.3) is 10.0 Å². The van der Waals surface area contributed by atoms with Gasteiger partial charge in [-0.1, -0.05) is 38.1 Å². The van der Waals surface area contributed by atoms with Crippen LogP contribution in [0.25, 0.3) is 0 Å². The minimum Gasteiger partial charge on any atom is -0.350 e. The van der Waals surface area contributed by atoms with Crippen molar-refractivity contribution in [2.24, 2.45) is 10.9 Å². The lowest BCUT2D eigenvalue weighted by atomic mass is 10.0. The van der Waals surface area contributed by atoms with Crippen LogP contribution in [0.5, 0.6) is 0 Å². The van der Waals surface area contributed by atoms with E-state index in [0.29, 0.717) is 5.56 Å². The number of hydrogen-bond donors (Lipinski definition) is 2. The Morgan fingerprint density at radius 3 is 2.48 bits per heavy atom. The van der Waals surface area contributed by atoms with Crippen molar-refractivity contribution in [1.82, 2.24) is 10.0 Å². The standard InChI is InChI=1S/C19H20FN3O3S/c1-12(2)17(19(24)21-11-13-7-9-14(20)10-8-13)22-18-15-5-3-4-6-16(15)27(25,26)23-18/h3-10,12,17H,11H2,1-2H3,(H,21,24)(H,22,23)/t17-/m0/s1. The maximum atomic E-state index is 13.0. The predicted molar refractivity (Wildman–Crippen MR) is 100 cm³/mol. The van der Waals surface area contributed by atoms with Crippen LogP contribution in [0.2, 0.25) is 0 Å². The summed E-state index contributed by atoms with van der Waals surface area (Å²) in [6.45, 7) is 3.90. The zero-order valence-corrected chi connectivity index (χ0v) is 15.8. The topological polar surface area (TPSA) is 87.6 Å². The molecule has 1 aliphatic rings. The Hall–Kier alpha value is -2.74. The number of rotatable bonds is 5. The molecule has 1 aliphatic heterocycles. The van der Waals surface area contributed by atoms with Crippen molar-refractivity contribution >= 4 is 21.8 Å². The second-order valence-electron chi connectivity index (χ2n) is 6.61. The van der Waals surface area contributed by atoms with E-state index < -0.39 is 16.1 Å². The van der Waals surface area contributed by atoms with Crippen LogP contribution in [0.4, 0.5) is 4.39 Å². The van der Waals surface area contributed by atoms with Gasteiger partial charge in [-0.2, -0.15) is 0 Å². The minimum atomic E-state index is -3.66. The van der Waals surface area contributed by atoms with Crippen LogP contribution in [0.3, 0.4) is 0 Å². The summed E-state index contributed by atoms with van der Waals surface area (Å²) in [4.78, 5) is 17.2. The van der Waals surface area contributed by atoms with Gasteiger partial charge in [0, 0.05) is 12.1 Å². The van der Waals surface area contributed by atoms with Crippen molar-refractivity contribution in [3.8, 4) is 0 Å². The first kappa shape index (κ1) is 19.0. The fourth-order valence-electron chi connectivity index (χ4n) is 2.78. The summed E-state index contributed by atoms with van der Waals surface area (Å²) in [5.74, 6) is -0.654. The summed E-state index contributed by atoms with van der Waals surface area (Å²) in [6, 6.07) is 11.6. The fourth-order valence-corrected chi connectivity index (χ4v) is 4.01. The molecule has 2 aromatic carbocycles. The second kappa shape index (κ2) is 7.48. The maximum absolute atomic E-state index is 13.0. The third-order valence-electron chi connectivity index (χ3n) is 4.21. The first-order chi connectivity index (χ1) is 12.8. The zero-order chi connectivity index (χ0) is 19.6. The lowest BCUT2D eigenvalue weighted by molar-refractivity contribution is -0.123. The van der Waals surface area contributed by atoms with Gasteiger partial charge >= 0.3 is 0 Å². The number of carbonyl (C=O) groups is 1. The summed E-state index contributed by atoms with van der Waals surface area (Å²) in [6.07, 6.45) is 0. The van der Waals surface area contributed by atoms with Crippen LogP contribution in [-0.2, 0) is 21.4 Å². The largest absolute Gasteiger partial charge is 0.350 e. The van der Waals surface area contributed by atoms with Crippen molar-refractivity contribution in [2.45, 2.75) is 31.3 Å². The molecule has 3 rings (SSSR count). The number of aliphatic imine (C=N–C) groups is 1. The van der Waals surface area contributed by atoms with Gasteiger partial charge in [0.05, 0.1) is 4.90 Å². The summed E-state index contributed by atoms with van der Waals surface area (Å²) >= 11 is 0. The molecule has 0 saturated carbocycles. The molecular formula is C19H20FN3O3S. The highest BCUT2D eigenvalue weighted by atomic mass is 32.2. The number of benzene rings is 2. The van der Waals surface area contributed by atoms with E-state index in [9.17, 15) is 17.6 Å². The lowest BCUT2D eigenvalue weighted by Gasteiger charge is -2.17. The molecule has 1 amide bonds. The highest BCUT2D eigenvalue weighted by Crippen LogP contribution is 2.23. The number of sulfonamides is 1. The molecule has 0 aliphatic carbocycles. The van der Waals surface area contributed by atoms with Gasteiger partial charge in [-0.05, 0) is 35.7 Å². The van der Waals surface area contributed by atoms with Crippen LogP contribution in [0.1, 0.15) is 25.0 Å². The van der Waals surface area contributed by atoms with Crippen molar-refractivity contribution < 1.29 is 17.6 Å². The molecule has 1 atom stereocenters. The van der Waals surface area contributed by atoms with Crippen molar-refractivity contribution in [2.75, 3.05) is 0 Å². The molecule has 2 aromatic rings. The third-order valence-corrected chi connectivity index (χ3v) is 5.61. The predicted octanol–water partition coefficient (Wildman–Crippen LogP) is 2.21. The van der Waals surface area contributed by atoms with Crippen LogP contribution < -0.4 is 10.0 Å². The molecule has 0 bridgehead atoms. The maximum Gasteiger partial charge on any atom is 0.263 e. The summed E-state index contributed by atoms with van der Waals surface area (Å²) < 4.78 is 39.8. The van der Waals surface area contributed by atoms with Crippen LogP contribution >= 0.6 is 0 Å². The van der Waals surface area contributed by atoms with Gasteiger partial charge in [-0.15, -0.1) is 0 Å². The monoisotopic (exact) mass is 389 g/mol. The number of hydrogen-bond acceptors (Lipinski definition) is 4. The molecule has 0 radical (unpaired) electrons. The van der Waals surface area contributed by atoms with E-state index in [1.54, 1.807) is 30.3 Å². The number of nitrogens with one attached hydrogen (secondary N) is 2. The molecule has 0 saturated heterocycles. The van der Waals surface area contributed by atoms with E-state index >= 15 is 0 Å². The number of nitrogens with zero attached hydrogens (tertiary/aromatic N) is 1. The summed E-state index contributed by atoms with van der Waals surface area (Å²) in [7, 11) is -3.66. The first-order valence-corrected chi connectivity index (χ1v) is 9.98. The third kappa shape index (κ3) is 4.16. The van der Waals surface area contributed by atoms with E-state index in [1.165, 1.54) is 18.2 Å². The number of halogens is 1. The molecule has 6 nitrogen and oxygen atoms in total. The number of carbonyl (C=O) groups excluding carboxylic acids is 1. The van der Waals surface area contributed by atoms with Gasteiger partial charge in [0.15, 0.2) is 0 Å². The Kier molecular flexibility index (Phi) is 5.27. The number of amides is 1. The fraction of sp³-hybridized carbons (Fsp3) is 0.263. The first-order valence-electron chi connectivity index (χ1n) is 8.50. The van der Waals surface area contributed by atoms with Crippen LogP contribution in [-0.4, -0.2) is 26.2 Å². The highest BCUT2D eigenvalue weighted by Gasteiger charge is 2.32. The molecule has 0 aromatic heterocycles. The highest BCUT2D eigenvalue weighted by molar-refractivity contribution is 7.90. The molecule has 0 fully saturated rings. The SMILES string of the molecule is CC(C)[C@H](N=C1NS(=O)(=O)c2ccccc21)C(=O)NCc1ccc(F)cc1. The quantitative estimate of drug-likeness (QED) is 0.822. The van der Waals surface area contributed by atoms with E-state index in [-0.39, 0.29) is 34.9 Å². The Labute approximate surface area is 157 Å². The van der Waals surface area contributed by atoms with Crippen molar-refractivity contribution in [3.63, 3.8) is 0 Å². The minimum absolute atomic E-state index is 0.150. The van der Waals surface area contributed by atoms with Crippen LogP contribution in [0.15, 0.2) is 58.4 Å². The molecular weight excluding hydrogens is 369 g/mol. The molecule has 27 heavy (non-hydrogen) atoms. The molecule has 2 N–H and O–H groups in total. The second-order valence-corrected chi connectivity index (χ2v) is 8.26. The van der Waals surface area contributed by atoms with E-state index in [1.807, 2.05) is 13.8 Å². The van der Waals surface area contributed by atoms with Gasteiger partial charge < -0.3 is 5.32 Å². The molecule has 8 heteroatoms. The molecule has 1 heterocycles. The zero-order valence-electron chi connectivity index (χ0n) is 14.9. The van der Waals surface area contributed by atoms with Gasteiger partial charge in [-0.25, -0.2) is 12.8 Å². The van der Waals surface area contributed by atoms with E-state index in [2.05, 4.69) is 15.0 Å². The normalized spacial score (nSPS) is 17.4. The van der Waals surface area contributed by atoms with Gasteiger partial charge in [0.1, 0.15) is 17.7 Å². The average Bonchev–Trinajstić information content (AvgIpc) is 2.89. The van der Waals surface area contributed by atoms with E-state index in [0.717, 1.165) is 5.56 Å². The smallest absolute Gasteiger partial charge is 0.263 e. The van der Waals surface area contributed by atoms with Crippen molar-refractivity contribution in [1.29, 1.82) is 0 Å². The Morgan fingerprint density at radius 1 is 1.15 bits per heavy atom. The summed E-state index contributed by atoms with van der Waals surface area (Å²) in [5, 5.41) is 2.77. The Balaban J connectivity index is 1.81.